The molecule has 0 fully saturated rings. The van der Waals surface area contributed by atoms with E-state index in [0.717, 1.165) is 16.2 Å². The number of halogens is 1. The van der Waals surface area contributed by atoms with Gasteiger partial charge in [-0.2, -0.15) is 0 Å². The number of carbonyl (C=O) groups is 2. The maximum atomic E-state index is 12.1. The largest absolute Gasteiger partial charge is 0.349 e. The Morgan fingerprint density at radius 1 is 1.23 bits per heavy atom. The topological polar surface area (TPSA) is 62.6 Å². The van der Waals surface area contributed by atoms with E-state index in [2.05, 4.69) is 10.6 Å². The SMILES string of the molecule is CC[NH+](CC(=O)Nc1ccc(Cl)cc1C)CC(=O)NC(C)C. The number of carbonyl (C=O) groups excluding carboxylic acids is 2. The number of nitrogens with one attached hydrogen (secondary N) is 3. The number of hydrogen-bond acceptors (Lipinski definition) is 2. The van der Waals surface area contributed by atoms with E-state index >= 15 is 0 Å². The van der Waals surface area contributed by atoms with E-state index in [0.29, 0.717) is 18.1 Å². The van der Waals surface area contributed by atoms with Crippen LogP contribution in [0.4, 0.5) is 5.69 Å². The van der Waals surface area contributed by atoms with Gasteiger partial charge in [0.2, 0.25) is 0 Å². The van der Waals surface area contributed by atoms with Crippen molar-refractivity contribution >= 4 is 29.1 Å². The molecule has 0 aromatic heterocycles. The molecular weight excluding hydrogens is 302 g/mol. The number of amides is 2. The van der Waals surface area contributed by atoms with E-state index in [-0.39, 0.29) is 24.4 Å². The summed E-state index contributed by atoms with van der Waals surface area (Å²) in [5.41, 5.74) is 1.66. The second-order valence-electron chi connectivity index (χ2n) is 5.69. The molecule has 1 aromatic carbocycles. The van der Waals surface area contributed by atoms with Crippen LogP contribution in [0, 0.1) is 6.92 Å². The summed E-state index contributed by atoms with van der Waals surface area (Å²) in [6, 6.07) is 5.44. The van der Waals surface area contributed by atoms with Crippen molar-refractivity contribution in [3.05, 3.63) is 28.8 Å². The van der Waals surface area contributed by atoms with Crippen LogP contribution in [0.1, 0.15) is 26.3 Å². The van der Waals surface area contributed by atoms with Crippen molar-refractivity contribution in [2.75, 3.05) is 25.0 Å². The molecule has 0 bridgehead atoms. The fourth-order valence-electron chi connectivity index (χ4n) is 2.10. The normalized spacial score (nSPS) is 12.1. The summed E-state index contributed by atoms with van der Waals surface area (Å²) < 4.78 is 0. The summed E-state index contributed by atoms with van der Waals surface area (Å²) in [5, 5.41) is 6.35. The highest BCUT2D eigenvalue weighted by Gasteiger charge is 2.17. The van der Waals surface area contributed by atoms with Gasteiger partial charge in [0.1, 0.15) is 0 Å². The summed E-state index contributed by atoms with van der Waals surface area (Å²) in [7, 11) is 0. The molecule has 0 radical (unpaired) electrons. The van der Waals surface area contributed by atoms with Gasteiger partial charge in [-0.15, -0.1) is 0 Å². The Morgan fingerprint density at radius 3 is 2.41 bits per heavy atom. The molecule has 22 heavy (non-hydrogen) atoms. The first-order chi connectivity index (χ1) is 10.3. The molecule has 122 valence electrons. The average Bonchev–Trinajstić information content (AvgIpc) is 2.40. The predicted molar refractivity (Wildman–Crippen MR) is 89.3 cm³/mol. The van der Waals surface area contributed by atoms with Gasteiger partial charge in [-0.1, -0.05) is 11.6 Å². The Hall–Kier alpha value is -1.59. The lowest BCUT2D eigenvalue weighted by atomic mass is 10.2. The maximum Gasteiger partial charge on any atom is 0.279 e. The number of aryl methyl sites for hydroxylation is 1. The zero-order valence-corrected chi connectivity index (χ0v) is 14.4. The predicted octanol–water partition coefficient (Wildman–Crippen LogP) is 1.02. The molecule has 6 heteroatoms. The number of quaternary nitrogens is 1. The Labute approximate surface area is 137 Å². The summed E-state index contributed by atoms with van der Waals surface area (Å²) in [5.74, 6) is -0.151. The fraction of sp³-hybridized carbons (Fsp3) is 0.500. The molecule has 0 aliphatic carbocycles. The molecule has 0 heterocycles. The van der Waals surface area contributed by atoms with Crippen molar-refractivity contribution in [1.82, 2.24) is 5.32 Å². The molecule has 0 aliphatic rings. The smallest absolute Gasteiger partial charge is 0.279 e. The van der Waals surface area contributed by atoms with Gasteiger partial charge >= 0.3 is 0 Å². The average molecular weight is 327 g/mol. The van der Waals surface area contributed by atoms with E-state index in [1.54, 1.807) is 18.2 Å². The van der Waals surface area contributed by atoms with Crippen LogP contribution in [0.15, 0.2) is 18.2 Å². The Bertz CT molecular complexity index is 532. The van der Waals surface area contributed by atoms with E-state index < -0.39 is 0 Å². The van der Waals surface area contributed by atoms with E-state index in [1.165, 1.54) is 0 Å². The Balaban J connectivity index is 2.56. The number of benzene rings is 1. The summed E-state index contributed by atoms with van der Waals surface area (Å²) in [6.07, 6.45) is 0. The van der Waals surface area contributed by atoms with Crippen LogP contribution in [-0.4, -0.2) is 37.5 Å². The third-order valence-corrected chi connectivity index (χ3v) is 3.47. The van der Waals surface area contributed by atoms with Crippen molar-refractivity contribution in [1.29, 1.82) is 0 Å². The number of hydrogen-bond donors (Lipinski definition) is 3. The molecule has 1 atom stereocenters. The zero-order valence-electron chi connectivity index (χ0n) is 13.6. The van der Waals surface area contributed by atoms with Crippen LogP contribution < -0.4 is 15.5 Å². The van der Waals surface area contributed by atoms with Crippen LogP contribution in [0.5, 0.6) is 0 Å². The standard InChI is InChI=1S/C16H24ClN3O2/c1-5-20(9-15(21)18-11(2)3)10-16(22)19-14-7-6-13(17)8-12(14)4/h6-8,11H,5,9-10H2,1-4H3,(H,18,21)(H,19,22)/p+1. The third kappa shape index (κ3) is 6.45. The van der Waals surface area contributed by atoms with Gasteiger partial charge in [0.15, 0.2) is 13.1 Å². The molecule has 1 aromatic rings. The van der Waals surface area contributed by atoms with Gasteiger partial charge in [-0.3, -0.25) is 9.59 Å². The first kappa shape index (κ1) is 18.5. The van der Waals surface area contributed by atoms with Crippen molar-refractivity contribution in [2.24, 2.45) is 0 Å². The van der Waals surface area contributed by atoms with Crippen LogP contribution in [0.3, 0.4) is 0 Å². The number of anilines is 1. The van der Waals surface area contributed by atoms with Crippen LogP contribution >= 0.6 is 11.6 Å². The van der Waals surface area contributed by atoms with Crippen LogP contribution in [0.2, 0.25) is 5.02 Å². The van der Waals surface area contributed by atoms with Gasteiger partial charge < -0.3 is 15.5 Å². The van der Waals surface area contributed by atoms with Gasteiger partial charge in [-0.05, 0) is 51.5 Å². The molecule has 0 saturated carbocycles. The molecule has 1 rings (SSSR count). The lowest BCUT2D eigenvalue weighted by Gasteiger charge is -2.18. The molecule has 3 N–H and O–H groups in total. The Morgan fingerprint density at radius 2 is 1.86 bits per heavy atom. The number of rotatable bonds is 7. The first-order valence-corrected chi connectivity index (χ1v) is 7.88. The second-order valence-corrected chi connectivity index (χ2v) is 6.12. The van der Waals surface area contributed by atoms with Gasteiger partial charge in [0, 0.05) is 16.8 Å². The fourth-order valence-corrected chi connectivity index (χ4v) is 2.33. The highest BCUT2D eigenvalue weighted by Crippen LogP contribution is 2.19. The summed E-state index contributed by atoms with van der Waals surface area (Å²) in [4.78, 5) is 24.8. The third-order valence-electron chi connectivity index (χ3n) is 3.23. The second kappa shape index (κ2) is 8.76. The highest BCUT2D eigenvalue weighted by molar-refractivity contribution is 6.30. The van der Waals surface area contributed by atoms with Crippen molar-refractivity contribution in [3.63, 3.8) is 0 Å². The van der Waals surface area contributed by atoms with E-state index in [4.69, 9.17) is 11.6 Å². The number of likely N-dealkylation sites (N-methyl/N-ethyl adjacent to an activating group) is 1. The first-order valence-electron chi connectivity index (χ1n) is 7.50. The molecule has 0 aliphatic heterocycles. The van der Waals surface area contributed by atoms with Gasteiger partial charge in [-0.25, -0.2) is 0 Å². The van der Waals surface area contributed by atoms with Crippen molar-refractivity contribution in [3.8, 4) is 0 Å². The monoisotopic (exact) mass is 326 g/mol. The lowest BCUT2D eigenvalue weighted by Crippen LogP contribution is -3.14. The molecular formula is C16H25ClN3O2+. The molecule has 0 saturated heterocycles. The minimum absolute atomic E-state index is 0.0395. The quantitative estimate of drug-likeness (QED) is 0.700. The summed E-state index contributed by atoms with van der Waals surface area (Å²) >= 11 is 5.90. The summed E-state index contributed by atoms with van der Waals surface area (Å²) in [6.45, 7) is 8.93. The van der Waals surface area contributed by atoms with E-state index in [9.17, 15) is 9.59 Å². The molecule has 5 nitrogen and oxygen atoms in total. The molecule has 0 spiro atoms. The zero-order chi connectivity index (χ0) is 16.7. The van der Waals surface area contributed by atoms with Gasteiger partial charge in [0.25, 0.3) is 11.8 Å². The van der Waals surface area contributed by atoms with Crippen LogP contribution in [-0.2, 0) is 9.59 Å². The molecule has 2 amide bonds. The van der Waals surface area contributed by atoms with Crippen molar-refractivity contribution < 1.29 is 14.5 Å². The van der Waals surface area contributed by atoms with E-state index in [1.807, 2.05) is 27.7 Å². The Kier molecular flexibility index (Phi) is 7.35. The maximum absolute atomic E-state index is 12.1. The lowest BCUT2D eigenvalue weighted by molar-refractivity contribution is -0.881. The highest BCUT2D eigenvalue weighted by atomic mass is 35.5. The minimum Gasteiger partial charge on any atom is -0.349 e. The van der Waals surface area contributed by atoms with Gasteiger partial charge in [0.05, 0.1) is 6.54 Å². The van der Waals surface area contributed by atoms with Crippen molar-refractivity contribution in [2.45, 2.75) is 33.7 Å². The molecule has 1 unspecified atom stereocenters. The minimum atomic E-state index is -0.111. The van der Waals surface area contributed by atoms with Crippen LogP contribution in [0.25, 0.3) is 0 Å².